The average molecular weight is 459 g/mol. The SMILES string of the molecule is CCS(=O)C1=C(C(=O)OC2OC(=O)c3ccccc32)N2C(=O)C(C/C=C/C(=O)OC)C2C1. The molecule has 0 spiro atoms. The molecule has 4 unspecified atom stereocenters. The highest BCUT2D eigenvalue weighted by Gasteiger charge is 2.56. The molecule has 0 aliphatic carbocycles. The molecule has 10 heteroatoms. The number of allylic oxidation sites excluding steroid dienone is 1. The maximum absolute atomic E-state index is 13.1. The number of β-lactam (4-membered cyclic amide) rings is 1. The second kappa shape index (κ2) is 8.70. The van der Waals surface area contributed by atoms with Crippen LogP contribution in [-0.2, 0) is 39.4 Å². The van der Waals surface area contributed by atoms with Gasteiger partial charge in [-0.05, 0) is 12.5 Å². The van der Waals surface area contributed by atoms with Crippen molar-refractivity contribution in [2.24, 2.45) is 5.92 Å². The molecule has 4 rings (SSSR count). The second-order valence-corrected chi connectivity index (χ2v) is 9.14. The van der Waals surface area contributed by atoms with Crippen molar-refractivity contribution >= 4 is 34.6 Å². The highest BCUT2D eigenvalue weighted by Crippen LogP contribution is 2.46. The fourth-order valence-corrected chi connectivity index (χ4v) is 5.21. The number of carbonyl (C=O) groups excluding carboxylic acids is 4. The molecule has 1 amide bonds. The Hall–Kier alpha value is -3.27. The number of hydrogen-bond acceptors (Lipinski definition) is 8. The monoisotopic (exact) mass is 459 g/mol. The Balaban J connectivity index is 1.54. The molecule has 3 aliphatic heterocycles. The van der Waals surface area contributed by atoms with E-state index in [9.17, 15) is 23.4 Å². The van der Waals surface area contributed by atoms with Gasteiger partial charge in [-0.2, -0.15) is 0 Å². The lowest BCUT2D eigenvalue weighted by molar-refractivity contribution is -0.170. The van der Waals surface area contributed by atoms with Gasteiger partial charge in [0.25, 0.3) is 6.29 Å². The van der Waals surface area contributed by atoms with Crippen LogP contribution in [0.25, 0.3) is 0 Å². The van der Waals surface area contributed by atoms with Crippen LogP contribution < -0.4 is 0 Å². The fourth-order valence-electron chi connectivity index (χ4n) is 4.11. The highest BCUT2D eigenvalue weighted by molar-refractivity contribution is 7.89. The molecule has 0 bridgehead atoms. The molecule has 32 heavy (non-hydrogen) atoms. The zero-order valence-electron chi connectivity index (χ0n) is 17.4. The normalized spacial score (nSPS) is 24.7. The number of cyclic esters (lactones) is 1. The molecule has 0 aromatic heterocycles. The molecule has 4 atom stereocenters. The molecule has 3 heterocycles. The Bertz CT molecular complexity index is 1090. The molecule has 0 saturated carbocycles. The lowest BCUT2D eigenvalue weighted by Gasteiger charge is -2.43. The molecule has 1 aromatic carbocycles. The van der Waals surface area contributed by atoms with E-state index in [-0.39, 0.29) is 36.2 Å². The molecular formula is C22H21NO8S. The van der Waals surface area contributed by atoms with Crippen molar-refractivity contribution in [2.75, 3.05) is 12.9 Å². The lowest BCUT2D eigenvalue weighted by Crippen LogP contribution is -2.58. The van der Waals surface area contributed by atoms with E-state index in [0.29, 0.717) is 16.0 Å². The summed E-state index contributed by atoms with van der Waals surface area (Å²) in [6.45, 7) is 1.72. The Labute approximate surface area is 186 Å². The van der Waals surface area contributed by atoms with E-state index < -0.39 is 40.9 Å². The summed E-state index contributed by atoms with van der Waals surface area (Å²) in [6.07, 6.45) is 2.12. The molecular weight excluding hydrogens is 438 g/mol. The van der Waals surface area contributed by atoms with Crippen LogP contribution in [0.5, 0.6) is 0 Å². The first kappa shape index (κ1) is 21.9. The number of nitrogens with zero attached hydrogens (tertiary/aromatic N) is 1. The molecule has 3 aliphatic rings. The first-order chi connectivity index (χ1) is 15.4. The maximum atomic E-state index is 13.1. The largest absolute Gasteiger partial charge is 0.466 e. The van der Waals surface area contributed by atoms with E-state index in [1.54, 1.807) is 37.3 Å². The van der Waals surface area contributed by atoms with Crippen molar-refractivity contribution < 1.29 is 37.6 Å². The van der Waals surface area contributed by atoms with Crippen molar-refractivity contribution in [1.82, 2.24) is 4.90 Å². The number of benzene rings is 1. The predicted octanol–water partition coefficient (Wildman–Crippen LogP) is 1.73. The number of methoxy groups -OCH3 is 1. The summed E-state index contributed by atoms with van der Waals surface area (Å²) in [7, 11) is -0.211. The second-order valence-electron chi connectivity index (χ2n) is 7.38. The fraction of sp³-hybridized carbons (Fsp3) is 0.364. The van der Waals surface area contributed by atoms with Crippen LogP contribution in [0.15, 0.2) is 47.0 Å². The van der Waals surface area contributed by atoms with Crippen LogP contribution in [0.1, 0.15) is 42.0 Å². The van der Waals surface area contributed by atoms with E-state index >= 15 is 0 Å². The molecule has 1 fully saturated rings. The van der Waals surface area contributed by atoms with Gasteiger partial charge < -0.3 is 19.1 Å². The van der Waals surface area contributed by atoms with Crippen molar-refractivity contribution in [1.29, 1.82) is 0 Å². The summed E-state index contributed by atoms with van der Waals surface area (Å²) >= 11 is 0. The molecule has 0 radical (unpaired) electrons. The van der Waals surface area contributed by atoms with E-state index in [4.69, 9.17) is 9.47 Å². The highest BCUT2D eigenvalue weighted by atomic mass is 32.2. The quantitative estimate of drug-likeness (QED) is 0.344. The Morgan fingerprint density at radius 3 is 2.75 bits per heavy atom. The Kier molecular flexibility index (Phi) is 5.96. The van der Waals surface area contributed by atoms with E-state index in [0.717, 1.165) is 0 Å². The molecule has 9 nitrogen and oxygen atoms in total. The van der Waals surface area contributed by atoms with Gasteiger partial charge in [-0.15, -0.1) is 0 Å². The zero-order chi connectivity index (χ0) is 23.0. The van der Waals surface area contributed by atoms with E-state index in [1.165, 1.54) is 18.1 Å². The number of carbonyl (C=O) groups is 4. The topological polar surface area (TPSA) is 116 Å². The minimum atomic E-state index is -1.47. The van der Waals surface area contributed by atoms with Gasteiger partial charge in [-0.3, -0.25) is 9.00 Å². The van der Waals surface area contributed by atoms with Crippen molar-refractivity contribution in [3.05, 3.63) is 58.1 Å². The summed E-state index contributed by atoms with van der Waals surface area (Å²) in [5.41, 5.74) is 0.673. The molecule has 168 valence electrons. The van der Waals surface area contributed by atoms with Gasteiger partial charge in [0, 0.05) is 28.7 Å². The first-order valence-corrected chi connectivity index (χ1v) is 11.4. The smallest absolute Gasteiger partial charge is 0.359 e. The third kappa shape index (κ3) is 3.64. The number of amides is 1. The number of ether oxygens (including phenoxy) is 3. The standard InChI is InChI=1S/C22H21NO8S/c1-3-32(28)16-11-15-14(9-6-10-17(24)29-2)19(25)23(15)18(16)21(27)31-22-13-8-5-4-7-12(13)20(26)30-22/h4-8,10,14-15,22H,3,9,11H2,1-2H3/b10-6+. The Morgan fingerprint density at radius 2 is 2.03 bits per heavy atom. The number of fused-ring (bicyclic) bond motifs is 2. The van der Waals surface area contributed by atoms with Crippen LogP contribution in [0.3, 0.4) is 0 Å². The van der Waals surface area contributed by atoms with Gasteiger partial charge in [0.15, 0.2) is 0 Å². The Morgan fingerprint density at radius 1 is 1.28 bits per heavy atom. The van der Waals surface area contributed by atoms with Gasteiger partial charge in [0.2, 0.25) is 5.91 Å². The van der Waals surface area contributed by atoms with Crippen molar-refractivity contribution in [3.8, 4) is 0 Å². The van der Waals surface area contributed by atoms with Gasteiger partial charge in [0.05, 0.1) is 35.4 Å². The van der Waals surface area contributed by atoms with Crippen LogP contribution in [0.2, 0.25) is 0 Å². The van der Waals surface area contributed by atoms with Gasteiger partial charge in [0.1, 0.15) is 5.70 Å². The summed E-state index contributed by atoms with van der Waals surface area (Å²) in [6, 6.07) is 6.20. The van der Waals surface area contributed by atoms with Crippen LogP contribution >= 0.6 is 0 Å². The summed E-state index contributed by atoms with van der Waals surface area (Å²) < 4.78 is 27.8. The maximum Gasteiger partial charge on any atom is 0.359 e. The minimum Gasteiger partial charge on any atom is -0.466 e. The van der Waals surface area contributed by atoms with Crippen molar-refractivity contribution in [3.63, 3.8) is 0 Å². The molecule has 1 aromatic rings. The van der Waals surface area contributed by atoms with Gasteiger partial charge in [-0.1, -0.05) is 31.2 Å². The van der Waals surface area contributed by atoms with Gasteiger partial charge >= 0.3 is 17.9 Å². The summed E-state index contributed by atoms with van der Waals surface area (Å²) in [4.78, 5) is 50.8. The predicted molar refractivity (Wildman–Crippen MR) is 111 cm³/mol. The zero-order valence-corrected chi connectivity index (χ0v) is 18.3. The number of esters is 3. The third-order valence-electron chi connectivity index (χ3n) is 5.69. The summed E-state index contributed by atoms with van der Waals surface area (Å²) in [5, 5.41) is 0. The van der Waals surface area contributed by atoms with Crippen molar-refractivity contribution in [2.45, 2.75) is 32.1 Å². The van der Waals surface area contributed by atoms with Crippen LogP contribution in [0.4, 0.5) is 0 Å². The first-order valence-electron chi connectivity index (χ1n) is 10.1. The van der Waals surface area contributed by atoms with Crippen LogP contribution in [0, 0.1) is 5.92 Å². The van der Waals surface area contributed by atoms with Crippen LogP contribution in [-0.4, -0.2) is 51.8 Å². The number of rotatable bonds is 7. The van der Waals surface area contributed by atoms with Gasteiger partial charge in [-0.25, -0.2) is 14.4 Å². The third-order valence-corrected chi connectivity index (χ3v) is 7.12. The molecule has 0 N–H and O–H groups in total. The number of hydrogen-bond donors (Lipinski definition) is 0. The summed E-state index contributed by atoms with van der Waals surface area (Å²) in [5.74, 6) is -2.49. The molecule has 1 saturated heterocycles. The average Bonchev–Trinajstić information content (AvgIpc) is 3.31. The minimum absolute atomic E-state index is 0.0474. The lowest BCUT2D eigenvalue weighted by atomic mass is 9.84. The van der Waals surface area contributed by atoms with E-state index in [1.807, 2.05) is 0 Å². The van der Waals surface area contributed by atoms with E-state index in [2.05, 4.69) is 4.74 Å².